The number of rotatable bonds is 5. The van der Waals surface area contributed by atoms with E-state index in [1.165, 1.54) is 6.42 Å². The van der Waals surface area contributed by atoms with Crippen molar-refractivity contribution in [2.75, 3.05) is 13.2 Å². The Labute approximate surface area is 103 Å². The molecule has 0 bridgehead atoms. The second-order valence-corrected chi connectivity index (χ2v) is 4.82. The van der Waals surface area contributed by atoms with Gasteiger partial charge >= 0.3 is 5.97 Å². The quantitative estimate of drug-likeness (QED) is 0.543. The van der Waals surface area contributed by atoms with Crippen LogP contribution in [0.15, 0.2) is 0 Å². The van der Waals surface area contributed by atoms with Crippen molar-refractivity contribution >= 4 is 11.8 Å². The third kappa shape index (κ3) is 4.46. The molecule has 0 radical (unpaired) electrons. The van der Waals surface area contributed by atoms with Gasteiger partial charge in [-0.3, -0.25) is 14.5 Å². The van der Waals surface area contributed by atoms with Crippen LogP contribution >= 0.6 is 0 Å². The molecular weight excluding hydrogens is 218 g/mol. The number of hydrogen-bond donors (Lipinski definition) is 0. The zero-order valence-electron chi connectivity index (χ0n) is 11.1. The van der Waals surface area contributed by atoms with Crippen LogP contribution in [0.4, 0.5) is 0 Å². The lowest BCUT2D eigenvalue weighted by atomic mass is 9.97. The summed E-state index contributed by atoms with van der Waals surface area (Å²) in [5, 5.41) is 0. The third-order valence-corrected chi connectivity index (χ3v) is 3.38. The lowest BCUT2D eigenvalue weighted by Gasteiger charge is -2.38. The minimum Gasteiger partial charge on any atom is -0.466 e. The van der Waals surface area contributed by atoms with E-state index in [9.17, 15) is 9.59 Å². The first-order chi connectivity index (χ1) is 8.04. The zero-order valence-corrected chi connectivity index (χ0v) is 11.1. The lowest BCUT2D eigenvalue weighted by Crippen LogP contribution is -2.46. The number of carbonyl (C=O) groups is 2. The first-order valence-electron chi connectivity index (χ1n) is 6.47. The summed E-state index contributed by atoms with van der Waals surface area (Å²) in [5.41, 5.74) is 0. The summed E-state index contributed by atoms with van der Waals surface area (Å²) in [4.78, 5) is 25.1. The zero-order chi connectivity index (χ0) is 12.8. The fourth-order valence-electron chi connectivity index (χ4n) is 2.42. The van der Waals surface area contributed by atoms with Crippen LogP contribution < -0.4 is 0 Å². The van der Waals surface area contributed by atoms with Gasteiger partial charge in [0.15, 0.2) is 5.78 Å². The van der Waals surface area contributed by atoms with Crippen LogP contribution in [-0.4, -0.2) is 41.9 Å². The van der Waals surface area contributed by atoms with Crippen molar-refractivity contribution in [3.63, 3.8) is 0 Å². The molecule has 0 amide bonds. The predicted molar refractivity (Wildman–Crippen MR) is 65.7 cm³/mol. The molecule has 0 aromatic heterocycles. The number of Topliss-reactive ketones (excluding diaryl/α,β-unsaturated/α-hetero) is 1. The average molecular weight is 241 g/mol. The summed E-state index contributed by atoms with van der Waals surface area (Å²) < 4.78 is 4.78. The number of esters is 1. The Hall–Kier alpha value is -0.900. The van der Waals surface area contributed by atoms with Gasteiger partial charge in [0.2, 0.25) is 0 Å². The van der Waals surface area contributed by atoms with Crippen LogP contribution in [0.25, 0.3) is 0 Å². The fraction of sp³-hybridized carbons (Fsp3) is 0.846. The van der Waals surface area contributed by atoms with Gasteiger partial charge in [-0.05, 0) is 33.6 Å². The molecule has 1 aliphatic rings. The fourth-order valence-corrected chi connectivity index (χ4v) is 2.42. The Morgan fingerprint density at radius 3 is 2.35 bits per heavy atom. The van der Waals surface area contributed by atoms with E-state index in [0.717, 1.165) is 12.8 Å². The summed E-state index contributed by atoms with van der Waals surface area (Å²) in [6.07, 6.45) is 3.41. The second-order valence-electron chi connectivity index (χ2n) is 4.82. The molecule has 0 N–H and O–H groups in total. The van der Waals surface area contributed by atoms with Crippen molar-refractivity contribution < 1.29 is 14.3 Å². The molecule has 0 spiro atoms. The van der Waals surface area contributed by atoms with Crippen molar-refractivity contribution in [1.82, 2.24) is 4.90 Å². The van der Waals surface area contributed by atoms with Gasteiger partial charge in [0.05, 0.1) is 13.2 Å². The molecule has 0 aromatic carbocycles. The van der Waals surface area contributed by atoms with E-state index in [0.29, 0.717) is 25.2 Å². The normalized spacial score (nSPS) is 25.6. The molecule has 4 nitrogen and oxygen atoms in total. The number of nitrogens with zero attached hydrogens (tertiary/aromatic N) is 1. The third-order valence-electron chi connectivity index (χ3n) is 3.38. The summed E-state index contributed by atoms with van der Waals surface area (Å²) in [6.45, 7) is 6.75. The molecule has 1 fully saturated rings. The van der Waals surface area contributed by atoms with Gasteiger partial charge in [0, 0.05) is 12.1 Å². The maximum Gasteiger partial charge on any atom is 0.313 e. The highest BCUT2D eigenvalue weighted by Gasteiger charge is 2.26. The number of ether oxygens (including phenoxy) is 1. The maximum atomic E-state index is 11.7. The predicted octanol–water partition coefficient (Wildman–Crippen LogP) is 1.77. The molecule has 1 heterocycles. The number of carbonyl (C=O) groups excluding carboxylic acids is 2. The van der Waals surface area contributed by atoms with Gasteiger partial charge in [-0.2, -0.15) is 0 Å². The van der Waals surface area contributed by atoms with Crippen molar-refractivity contribution in [3.8, 4) is 0 Å². The van der Waals surface area contributed by atoms with E-state index in [-0.39, 0.29) is 12.2 Å². The SMILES string of the molecule is CCOC(=O)CC(=O)CN1C(C)CCCC1C. The van der Waals surface area contributed by atoms with Gasteiger partial charge < -0.3 is 4.74 Å². The Bertz CT molecular complexity index is 268. The van der Waals surface area contributed by atoms with Crippen LogP contribution in [0.2, 0.25) is 0 Å². The van der Waals surface area contributed by atoms with E-state index in [2.05, 4.69) is 18.7 Å². The van der Waals surface area contributed by atoms with E-state index in [4.69, 9.17) is 4.74 Å². The summed E-state index contributed by atoms with van der Waals surface area (Å²) in [7, 11) is 0. The Morgan fingerprint density at radius 1 is 1.24 bits per heavy atom. The van der Waals surface area contributed by atoms with E-state index >= 15 is 0 Å². The largest absolute Gasteiger partial charge is 0.466 e. The molecule has 1 rings (SSSR count). The van der Waals surface area contributed by atoms with Gasteiger partial charge in [0.1, 0.15) is 6.42 Å². The molecule has 17 heavy (non-hydrogen) atoms. The first kappa shape index (κ1) is 14.2. The average Bonchev–Trinajstić information content (AvgIpc) is 2.24. The van der Waals surface area contributed by atoms with Crippen LogP contribution in [0.3, 0.4) is 0 Å². The van der Waals surface area contributed by atoms with Crippen LogP contribution in [0.5, 0.6) is 0 Å². The molecule has 1 saturated heterocycles. The molecule has 2 unspecified atom stereocenters. The Kier molecular flexibility index (Phi) is 5.62. The Morgan fingerprint density at radius 2 is 1.82 bits per heavy atom. The van der Waals surface area contributed by atoms with Crippen LogP contribution in [0.1, 0.15) is 46.5 Å². The highest BCUT2D eigenvalue weighted by molar-refractivity contribution is 5.96. The Balaban J connectivity index is 2.41. The second kappa shape index (κ2) is 6.74. The van der Waals surface area contributed by atoms with Crippen LogP contribution in [-0.2, 0) is 14.3 Å². The molecule has 1 aliphatic heterocycles. The van der Waals surface area contributed by atoms with Gasteiger partial charge in [-0.25, -0.2) is 0 Å². The minimum atomic E-state index is -0.408. The molecule has 0 saturated carbocycles. The standard InChI is InChI=1S/C13H23NO3/c1-4-17-13(16)8-12(15)9-14-10(2)6-5-7-11(14)3/h10-11H,4-9H2,1-3H3. The van der Waals surface area contributed by atoms with Crippen molar-refractivity contribution in [3.05, 3.63) is 0 Å². The molecule has 98 valence electrons. The summed E-state index contributed by atoms with van der Waals surface area (Å²) in [6, 6.07) is 0.870. The lowest BCUT2D eigenvalue weighted by molar-refractivity contribution is -0.146. The molecule has 2 atom stereocenters. The van der Waals surface area contributed by atoms with E-state index < -0.39 is 5.97 Å². The van der Waals surface area contributed by atoms with Gasteiger partial charge in [-0.1, -0.05) is 6.42 Å². The number of piperidine rings is 1. The first-order valence-corrected chi connectivity index (χ1v) is 6.47. The molecular formula is C13H23NO3. The summed E-state index contributed by atoms with van der Waals surface area (Å²) in [5.74, 6) is -0.445. The summed E-state index contributed by atoms with van der Waals surface area (Å²) >= 11 is 0. The number of ketones is 1. The topological polar surface area (TPSA) is 46.6 Å². The molecule has 0 aromatic rings. The highest BCUT2D eigenvalue weighted by Crippen LogP contribution is 2.22. The van der Waals surface area contributed by atoms with Crippen molar-refractivity contribution in [1.29, 1.82) is 0 Å². The van der Waals surface area contributed by atoms with Crippen molar-refractivity contribution in [2.24, 2.45) is 0 Å². The van der Waals surface area contributed by atoms with Gasteiger partial charge in [-0.15, -0.1) is 0 Å². The molecule has 0 aliphatic carbocycles. The van der Waals surface area contributed by atoms with E-state index in [1.54, 1.807) is 6.92 Å². The van der Waals surface area contributed by atoms with E-state index in [1.807, 2.05) is 0 Å². The smallest absolute Gasteiger partial charge is 0.313 e. The van der Waals surface area contributed by atoms with Crippen LogP contribution in [0, 0.1) is 0 Å². The maximum absolute atomic E-state index is 11.7. The van der Waals surface area contributed by atoms with Gasteiger partial charge in [0.25, 0.3) is 0 Å². The number of hydrogen-bond acceptors (Lipinski definition) is 4. The molecule has 4 heteroatoms. The highest BCUT2D eigenvalue weighted by atomic mass is 16.5. The van der Waals surface area contributed by atoms with Crippen molar-refractivity contribution in [2.45, 2.75) is 58.5 Å². The number of likely N-dealkylation sites (tertiary alicyclic amines) is 1. The minimum absolute atomic E-state index is 0.0379. The monoisotopic (exact) mass is 241 g/mol.